The number of rotatable bonds is 6. The Bertz CT molecular complexity index is 886. The van der Waals surface area contributed by atoms with Gasteiger partial charge in [-0.15, -0.1) is 0 Å². The largest absolute Gasteiger partial charge is 0.352 e. The first-order valence-electron chi connectivity index (χ1n) is 8.34. The van der Waals surface area contributed by atoms with E-state index in [-0.39, 0.29) is 6.04 Å². The van der Waals surface area contributed by atoms with Crippen LogP contribution in [0.1, 0.15) is 20.3 Å². The third-order valence-electron chi connectivity index (χ3n) is 3.90. The van der Waals surface area contributed by atoms with Crippen LogP contribution in [0.5, 0.6) is 0 Å². The van der Waals surface area contributed by atoms with Gasteiger partial charge in [0.05, 0.1) is 21.4 Å². The number of nitrogens with zero attached hydrogens (tertiary/aromatic N) is 3. The van der Waals surface area contributed by atoms with Gasteiger partial charge in [-0.2, -0.15) is 4.98 Å². The zero-order chi connectivity index (χ0) is 18.5. The molecule has 2 aromatic heterocycles. The smallest absolute Gasteiger partial charge is 0.225 e. The molecule has 0 unspecified atom stereocenters. The average Bonchev–Trinajstić information content (AvgIpc) is 2.66. The molecule has 7 heteroatoms. The molecule has 0 fully saturated rings. The van der Waals surface area contributed by atoms with E-state index >= 15 is 0 Å². The highest BCUT2D eigenvalue weighted by Gasteiger charge is 2.11. The summed E-state index contributed by atoms with van der Waals surface area (Å²) >= 11 is 12.4. The van der Waals surface area contributed by atoms with Crippen molar-refractivity contribution in [1.82, 2.24) is 15.0 Å². The van der Waals surface area contributed by atoms with Crippen LogP contribution < -0.4 is 10.6 Å². The predicted octanol–water partition coefficient (Wildman–Crippen LogP) is 5.80. The molecule has 0 aliphatic carbocycles. The maximum Gasteiger partial charge on any atom is 0.225 e. The third-order valence-corrected chi connectivity index (χ3v) is 4.72. The minimum atomic E-state index is 0.255. The Morgan fingerprint density at radius 2 is 1.85 bits per heavy atom. The fourth-order valence-corrected chi connectivity index (χ4v) is 2.65. The quantitative estimate of drug-likeness (QED) is 0.559. The summed E-state index contributed by atoms with van der Waals surface area (Å²) in [5.74, 6) is 1.18. The molecule has 0 radical (unpaired) electrons. The summed E-state index contributed by atoms with van der Waals surface area (Å²) in [4.78, 5) is 13.2. The number of pyridine rings is 1. The van der Waals surface area contributed by atoms with Gasteiger partial charge in [0, 0.05) is 30.1 Å². The molecule has 0 aliphatic rings. The van der Waals surface area contributed by atoms with Gasteiger partial charge in [-0.3, -0.25) is 4.98 Å². The van der Waals surface area contributed by atoms with E-state index in [2.05, 4.69) is 39.4 Å². The molecule has 26 heavy (non-hydrogen) atoms. The normalized spacial score (nSPS) is 11.8. The van der Waals surface area contributed by atoms with Gasteiger partial charge in [-0.05, 0) is 37.6 Å². The summed E-state index contributed by atoms with van der Waals surface area (Å²) in [6, 6.07) is 11.4. The summed E-state index contributed by atoms with van der Waals surface area (Å²) in [5, 5.41) is 7.49. The second-order valence-electron chi connectivity index (χ2n) is 5.88. The number of anilines is 3. The Labute approximate surface area is 162 Å². The van der Waals surface area contributed by atoms with E-state index in [9.17, 15) is 0 Å². The first kappa shape index (κ1) is 18.4. The molecule has 0 saturated carbocycles. The van der Waals surface area contributed by atoms with E-state index in [1.807, 2.05) is 30.3 Å². The maximum absolute atomic E-state index is 6.28. The number of hydrogen-bond acceptors (Lipinski definition) is 5. The maximum atomic E-state index is 6.28. The molecule has 3 rings (SSSR count). The highest BCUT2D eigenvalue weighted by Crippen LogP contribution is 2.32. The Hall–Kier alpha value is -2.37. The fraction of sp³-hybridized carbons (Fsp3) is 0.211. The van der Waals surface area contributed by atoms with Gasteiger partial charge < -0.3 is 10.6 Å². The molecule has 0 amide bonds. The molecule has 1 aromatic carbocycles. The summed E-state index contributed by atoms with van der Waals surface area (Å²) in [6.45, 7) is 4.19. The molecule has 0 bridgehead atoms. The Balaban J connectivity index is 2.00. The van der Waals surface area contributed by atoms with Crippen molar-refractivity contribution in [2.75, 3.05) is 10.6 Å². The van der Waals surface area contributed by atoms with Crippen molar-refractivity contribution in [3.63, 3.8) is 0 Å². The van der Waals surface area contributed by atoms with Crippen molar-refractivity contribution in [2.24, 2.45) is 0 Å². The van der Waals surface area contributed by atoms with Gasteiger partial charge in [0.15, 0.2) is 0 Å². The van der Waals surface area contributed by atoms with Crippen LogP contribution in [0.2, 0.25) is 10.0 Å². The molecular weight excluding hydrogens is 369 g/mol. The van der Waals surface area contributed by atoms with Crippen molar-refractivity contribution >= 4 is 40.7 Å². The molecule has 134 valence electrons. The molecular formula is C19H19Cl2N5. The van der Waals surface area contributed by atoms with Crippen molar-refractivity contribution in [1.29, 1.82) is 0 Å². The minimum absolute atomic E-state index is 0.255. The van der Waals surface area contributed by atoms with Gasteiger partial charge >= 0.3 is 0 Å². The van der Waals surface area contributed by atoms with Crippen molar-refractivity contribution in [3.05, 3.63) is 58.8 Å². The topological polar surface area (TPSA) is 62.7 Å². The van der Waals surface area contributed by atoms with Crippen LogP contribution in [0.15, 0.2) is 48.8 Å². The number of benzene rings is 1. The first-order valence-corrected chi connectivity index (χ1v) is 9.09. The predicted molar refractivity (Wildman–Crippen MR) is 108 cm³/mol. The number of hydrogen-bond donors (Lipinski definition) is 2. The van der Waals surface area contributed by atoms with Crippen molar-refractivity contribution < 1.29 is 0 Å². The van der Waals surface area contributed by atoms with Gasteiger partial charge in [-0.1, -0.05) is 36.2 Å². The average molecular weight is 388 g/mol. The summed E-state index contributed by atoms with van der Waals surface area (Å²) in [6.07, 6.45) is 4.44. The van der Waals surface area contributed by atoms with Gasteiger partial charge in [-0.25, -0.2) is 4.98 Å². The van der Waals surface area contributed by atoms with Gasteiger partial charge in [0.25, 0.3) is 0 Å². The molecule has 2 heterocycles. The van der Waals surface area contributed by atoms with Crippen molar-refractivity contribution in [3.8, 4) is 11.3 Å². The number of nitrogens with one attached hydrogen (secondary N) is 2. The van der Waals surface area contributed by atoms with Crippen LogP contribution >= 0.6 is 23.2 Å². The molecule has 0 saturated heterocycles. The Kier molecular flexibility index (Phi) is 5.91. The second-order valence-corrected chi connectivity index (χ2v) is 6.66. The van der Waals surface area contributed by atoms with E-state index in [4.69, 9.17) is 23.2 Å². The molecule has 5 nitrogen and oxygen atoms in total. The van der Waals surface area contributed by atoms with Crippen LogP contribution in [-0.2, 0) is 0 Å². The van der Waals surface area contributed by atoms with Crippen LogP contribution in [0.25, 0.3) is 11.3 Å². The molecule has 0 aliphatic heterocycles. The zero-order valence-corrected chi connectivity index (χ0v) is 16.0. The summed E-state index contributed by atoms with van der Waals surface area (Å²) in [5.41, 5.74) is 2.43. The van der Waals surface area contributed by atoms with Crippen molar-refractivity contribution in [2.45, 2.75) is 26.3 Å². The standard InChI is InChI=1S/C19H19Cl2N5/c1-3-12(2)23-19-25-16(13-7-9-22-10-8-13)11-17(26-19)24-15-6-4-5-14(20)18(15)21/h4-12H,3H2,1-2H3,(H2,23,24,25,26)/t12-/m0/s1. The highest BCUT2D eigenvalue weighted by molar-refractivity contribution is 6.43. The van der Waals surface area contributed by atoms with E-state index in [0.717, 1.165) is 17.7 Å². The number of halogens is 2. The van der Waals surface area contributed by atoms with E-state index in [0.29, 0.717) is 27.5 Å². The van der Waals surface area contributed by atoms with E-state index < -0.39 is 0 Å². The zero-order valence-electron chi connectivity index (χ0n) is 14.5. The van der Waals surface area contributed by atoms with Crippen LogP contribution in [0.4, 0.5) is 17.5 Å². The first-order chi connectivity index (χ1) is 12.6. The SMILES string of the molecule is CC[C@H](C)Nc1nc(Nc2cccc(Cl)c2Cl)cc(-c2ccncc2)n1. The fourth-order valence-electron chi connectivity index (χ4n) is 2.31. The van der Waals surface area contributed by atoms with Crippen LogP contribution in [0, 0.1) is 0 Å². The van der Waals surface area contributed by atoms with Crippen LogP contribution in [0.3, 0.4) is 0 Å². The molecule has 0 spiro atoms. The number of aromatic nitrogens is 3. The van der Waals surface area contributed by atoms with E-state index in [1.165, 1.54) is 0 Å². The monoisotopic (exact) mass is 387 g/mol. The van der Waals surface area contributed by atoms with Gasteiger partial charge in [0.2, 0.25) is 5.95 Å². The lowest BCUT2D eigenvalue weighted by molar-refractivity contribution is 0.753. The summed E-state index contributed by atoms with van der Waals surface area (Å²) < 4.78 is 0. The van der Waals surface area contributed by atoms with E-state index in [1.54, 1.807) is 18.5 Å². The summed E-state index contributed by atoms with van der Waals surface area (Å²) in [7, 11) is 0. The Morgan fingerprint density at radius 3 is 2.58 bits per heavy atom. The van der Waals surface area contributed by atoms with Crippen LogP contribution in [-0.4, -0.2) is 21.0 Å². The molecule has 3 aromatic rings. The molecule has 2 N–H and O–H groups in total. The molecule has 1 atom stereocenters. The lowest BCUT2D eigenvalue weighted by atomic mass is 10.2. The lowest BCUT2D eigenvalue weighted by Crippen LogP contribution is -2.16. The Morgan fingerprint density at radius 1 is 1.08 bits per heavy atom. The highest BCUT2D eigenvalue weighted by atomic mass is 35.5. The van der Waals surface area contributed by atoms with Gasteiger partial charge in [0.1, 0.15) is 5.82 Å². The lowest BCUT2D eigenvalue weighted by Gasteiger charge is -2.15. The second kappa shape index (κ2) is 8.34. The third kappa shape index (κ3) is 4.42. The minimum Gasteiger partial charge on any atom is -0.352 e.